The summed E-state index contributed by atoms with van der Waals surface area (Å²) in [6.45, 7) is 22.5. The number of ketones is 2. The summed E-state index contributed by atoms with van der Waals surface area (Å²) in [4.78, 5) is 42.4. The van der Waals surface area contributed by atoms with E-state index < -0.39 is 148 Å². The number of carbonyl (C=O) groups excluding carboxylic acids is 3. The van der Waals surface area contributed by atoms with Crippen LogP contribution >= 0.6 is 0 Å². The Morgan fingerprint density at radius 3 is 2.10 bits per heavy atom. The van der Waals surface area contributed by atoms with Crippen LogP contribution in [0.2, 0.25) is 0 Å². The zero-order chi connectivity index (χ0) is 60.4. The highest BCUT2D eigenvalue weighted by molar-refractivity contribution is 6.01. The number of allylic oxidation sites excluding steroid dienone is 4. The molecule has 0 unspecified atom stereocenters. The summed E-state index contributed by atoms with van der Waals surface area (Å²) in [7, 11) is 7.12. The number of carbonyl (C=O) groups is 3. The number of rotatable bonds is 9. The fourth-order valence-corrected chi connectivity index (χ4v) is 16.0. The second-order valence-corrected chi connectivity index (χ2v) is 26.9. The lowest BCUT2D eigenvalue weighted by atomic mass is 9.44. The van der Waals surface area contributed by atoms with Crippen LogP contribution in [-0.4, -0.2) is 223 Å². The maximum atomic E-state index is 16.9. The summed E-state index contributed by atoms with van der Waals surface area (Å²) in [5.74, 6) is -4.70. The molecule has 3 heterocycles. The van der Waals surface area contributed by atoms with Crippen LogP contribution < -0.4 is 0 Å². The lowest BCUT2D eigenvalue weighted by Crippen LogP contribution is -2.69. The molecule has 7 rings (SSSR count). The molecule has 0 radical (unpaired) electrons. The molecule has 4 aliphatic carbocycles. The molecule has 20 nitrogen and oxygen atoms in total. The van der Waals surface area contributed by atoms with Crippen molar-refractivity contribution in [1.29, 1.82) is 0 Å². The number of alkyl halides is 1. The molecule has 0 amide bonds. The first-order valence-electron chi connectivity index (χ1n) is 29.3. The summed E-state index contributed by atoms with van der Waals surface area (Å²) < 4.78 is 54.4. The number of hydrogen-bond acceptors (Lipinski definition) is 19. The zero-order valence-electron chi connectivity index (χ0n) is 51.3. The van der Waals surface area contributed by atoms with E-state index in [1.165, 1.54) is 26.2 Å². The normalized spacial score (nSPS) is 50.0. The van der Waals surface area contributed by atoms with E-state index in [1.807, 2.05) is 51.7 Å². The molecule has 0 aromatic carbocycles. The van der Waals surface area contributed by atoms with Crippen LogP contribution in [0, 0.1) is 46.3 Å². The van der Waals surface area contributed by atoms with E-state index in [9.17, 15) is 55.2 Å². The second kappa shape index (κ2) is 25.5. The van der Waals surface area contributed by atoms with Gasteiger partial charge >= 0.3 is 5.97 Å². The Bertz CT molecular complexity index is 2250. The Morgan fingerprint density at radius 1 is 0.889 bits per heavy atom. The molecule has 6 fully saturated rings. The van der Waals surface area contributed by atoms with Crippen molar-refractivity contribution in [3.05, 3.63) is 23.8 Å². The predicted molar refractivity (Wildman–Crippen MR) is 298 cm³/mol. The lowest BCUT2D eigenvalue weighted by Gasteiger charge is -2.62. The average Bonchev–Trinajstić information content (AvgIpc) is 3.92. The smallest absolute Gasteiger partial charge is 0.311 e. The number of esters is 1. The quantitative estimate of drug-likeness (QED) is 0.154. The summed E-state index contributed by atoms with van der Waals surface area (Å²) in [6.07, 6.45) is -3.75. The van der Waals surface area contributed by atoms with E-state index in [0.717, 1.165) is 0 Å². The van der Waals surface area contributed by atoms with E-state index >= 15 is 4.39 Å². The van der Waals surface area contributed by atoms with Gasteiger partial charge in [-0.1, -0.05) is 46.3 Å². The first kappa shape index (κ1) is 69.4. The first-order chi connectivity index (χ1) is 36.9. The number of aliphatic hydroxyl groups excluding tert-OH is 5. The number of aliphatic hydroxyl groups is 8. The van der Waals surface area contributed by atoms with Crippen LogP contribution in [0.1, 0.15) is 141 Å². The molecule has 0 aromatic heterocycles. The molecule has 468 valence electrons. The number of Topliss-reactive ketones (excluding diaryl/α,β-unsaturated/α-hetero) is 1. The van der Waals surface area contributed by atoms with Gasteiger partial charge in [0, 0.05) is 54.8 Å². The van der Waals surface area contributed by atoms with Crippen molar-refractivity contribution >= 4 is 17.5 Å². The van der Waals surface area contributed by atoms with E-state index in [2.05, 4.69) is 0 Å². The molecule has 21 heteroatoms. The molecular weight excluding hydrogens is 1060 g/mol. The molecular formula is C60H103FN2O18. The van der Waals surface area contributed by atoms with Gasteiger partial charge in [0.1, 0.15) is 42.2 Å². The summed E-state index contributed by atoms with van der Waals surface area (Å²) in [5.41, 5.74) is -9.54. The number of cyclic esters (lactones) is 1. The fourth-order valence-electron chi connectivity index (χ4n) is 16.0. The lowest BCUT2D eigenvalue weighted by molar-refractivity contribution is -0.318. The minimum Gasteiger partial charge on any atom is -0.459 e. The van der Waals surface area contributed by atoms with Gasteiger partial charge in [0.25, 0.3) is 0 Å². The second-order valence-electron chi connectivity index (χ2n) is 26.9. The first-order valence-corrected chi connectivity index (χ1v) is 29.3. The topological polar surface area (TPSA) is 306 Å². The third-order valence-electron chi connectivity index (χ3n) is 21.0. The summed E-state index contributed by atoms with van der Waals surface area (Å²) in [5, 5.41) is 90.1. The highest BCUT2D eigenvalue weighted by Gasteiger charge is 2.75. The average molecular weight is 1160 g/mol. The number of methoxy groups -OCH3 is 1. The molecule has 7 aliphatic rings. The van der Waals surface area contributed by atoms with Crippen molar-refractivity contribution in [3.8, 4) is 0 Å². The highest BCUT2D eigenvalue weighted by Crippen LogP contribution is 2.70. The van der Waals surface area contributed by atoms with Crippen molar-refractivity contribution in [2.45, 2.75) is 249 Å². The number of ether oxygens (including phenoxy) is 6. The Labute approximate surface area is 480 Å². The van der Waals surface area contributed by atoms with Crippen LogP contribution in [0.25, 0.3) is 0 Å². The van der Waals surface area contributed by atoms with Gasteiger partial charge in [-0.15, -0.1) is 0 Å². The largest absolute Gasteiger partial charge is 0.459 e. The van der Waals surface area contributed by atoms with Crippen LogP contribution in [-0.2, 0) is 42.8 Å². The molecule has 3 saturated heterocycles. The predicted octanol–water partition coefficient (Wildman–Crippen LogP) is 2.97. The molecule has 0 spiro atoms. The zero-order valence-corrected chi connectivity index (χ0v) is 51.3. The molecule has 26 atom stereocenters. The van der Waals surface area contributed by atoms with E-state index in [4.69, 9.17) is 28.4 Å². The SMILES string of the molecule is CC[C@H]1OC(=O)[C@H](C)[C@@H](O[C@H]2C[C@@](C)(OC)[C@@H](O)[C@H](C)O2)[C@H](C)[C@@H](O[C@@H]2O[C@H](C)C[C@H](N(C)C)[C@H]2O)[C@](C)(O)C[C@@H](C)CN(C)[C@H](C)[C@@H](O)[C@]1(C)O.C[C@@H]1C[C@H]2[C@@H]3CCC4=CC(=O)C=C[C@]4(C)[C@@]3(F)[C@@H](O)C[C@]2(C)[C@@]1(O)C(=O)CO.O. The maximum absolute atomic E-state index is 16.9. The molecule has 10 N–H and O–H groups in total. The standard InChI is InChI=1S/C38H72N2O12.C22H29FO5.H2O/c1-15-27-38(10,46)31(42)24(6)40(13)19-20(2)17-36(8,45)33(52-35-29(41)26(39(11)12)16-21(3)48-35)22(4)30(23(5)34(44)50-27)51-28-18-37(9,47-14)32(43)25(7)49-28;1-12-8-16-15-5-4-13-9-14(25)6-7-19(13,2)21(15,23)17(26)10-20(16,3)22(12,28)18(27)11-24;/h20-33,35,41-43,45-46H,15-19H2,1-14H3;6-7,9,12,15-17,24,26,28H,4-5,8,10-11H2,1-3H3;1H2/t20-,21-,22+,23-,24-,25+,26+,27-,28+,29-,30+,31-,32+,33-,35+,36-,37-,38-;12-,15+,16+,17+,19+,20+,21+,22+;/m11./s1. The third kappa shape index (κ3) is 12.5. The van der Waals surface area contributed by atoms with Gasteiger partial charge in [-0.05, 0) is 151 Å². The van der Waals surface area contributed by atoms with Gasteiger partial charge in [-0.25, -0.2) is 4.39 Å². The van der Waals surface area contributed by atoms with Gasteiger partial charge < -0.3 is 84.5 Å². The van der Waals surface area contributed by atoms with Crippen LogP contribution in [0.5, 0.6) is 0 Å². The fraction of sp³-hybridized carbons (Fsp3) is 0.883. The van der Waals surface area contributed by atoms with Gasteiger partial charge in [0.15, 0.2) is 29.8 Å². The Morgan fingerprint density at radius 2 is 1.52 bits per heavy atom. The monoisotopic (exact) mass is 1160 g/mol. The number of likely N-dealkylation sites (N-methyl/N-ethyl adjacent to an activating group) is 2. The Hall–Kier alpha value is -2.42. The molecule has 81 heavy (non-hydrogen) atoms. The van der Waals surface area contributed by atoms with Crippen molar-refractivity contribution < 1.29 is 93.5 Å². The van der Waals surface area contributed by atoms with Crippen molar-refractivity contribution in [3.63, 3.8) is 0 Å². The summed E-state index contributed by atoms with van der Waals surface area (Å²) in [6, 6.07) is -0.808. The van der Waals surface area contributed by atoms with E-state index in [1.54, 1.807) is 68.4 Å². The van der Waals surface area contributed by atoms with Crippen molar-refractivity contribution in [1.82, 2.24) is 9.80 Å². The summed E-state index contributed by atoms with van der Waals surface area (Å²) >= 11 is 0. The van der Waals surface area contributed by atoms with Gasteiger partial charge in [0.05, 0.1) is 47.6 Å². The van der Waals surface area contributed by atoms with Crippen LogP contribution in [0.15, 0.2) is 23.8 Å². The Kier molecular flexibility index (Phi) is 21.8. The number of nitrogens with zero attached hydrogens (tertiary/aromatic N) is 2. The van der Waals surface area contributed by atoms with Crippen molar-refractivity contribution in [2.75, 3.05) is 41.4 Å². The third-order valence-corrected chi connectivity index (χ3v) is 21.0. The van der Waals surface area contributed by atoms with Crippen LogP contribution in [0.4, 0.5) is 4.39 Å². The minimum atomic E-state index is -1.98. The van der Waals surface area contributed by atoms with Gasteiger partial charge in [-0.2, -0.15) is 0 Å². The van der Waals surface area contributed by atoms with E-state index in [0.29, 0.717) is 37.8 Å². The van der Waals surface area contributed by atoms with Crippen LogP contribution in [0.3, 0.4) is 0 Å². The van der Waals surface area contributed by atoms with Gasteiger partial charge in [-0.3, -0.25) is 14.4 Å². The molecule has 3 aliphatic heterocycles. The number of fused-ring (bicyclic) bond motifs is 5. The molecule has 0 aromatic rings. The van der Waals surface area contributed by atoms with E-state index in [-0.39, 0.29) is 60.9 Å². The molecule has 0 bridgehead atoms. The highest BCUT2D eigenvalue weighted by atomic mass is 19.1. The number of hydrogen-bond donors (Lipinski definition) is 8. The Balaban J connectivity index is 0.000000347. The van der Waals surface area contributed by atoms with Crippen molar-refractivity contribution in [2.24, 2.45) is 46.3 Å². The van der Waals surface area contributed by atoms with Gasteiger partial charge in [0.2, 0.25) is 0 Å². The maximum Gasteiger partial charge on any atom is 0.311 e. The minimum absolute atomic E-state index is 0. The molecule has 3 saturated carbocycles. The number of halogens is 1.